The van der Waals surface area contributed by atoms with Crippen LogP contribution in [0.3, 0.4) is 0 Å². The van der Waals surface area contributed by atoms with Gasteiger partial charge in [-0.2, -0.15) is 5.26 Å². The summed E-state index contributed by atoms with van der Waals surface area (Å²) in [5, 5.41) is 12.2. The number of amides is 1. The highest BCUT2D eigenvalue weighted by molar-refractivity contribution is 8.00. The molecule has 1 saturated heterocycles. The van der Waals surface area contributed by atoms with Crippen molar-refractivity contribution in [1.82, 2.24) is 5.32 Å². The van der Waals surface area contributed by atoms with Crippen LogP contribution < -0.4 is 15.0 Å². The lowest BCUT2D eigenvalue weighted by atomic mass is 10.1. The van der Waals surface area contributed by atoms with Crippen molar-refractivity contribution in [3.8, 4) is 11.8 Å². The summed E-state index contributed by atoms with van der Waals surface area (Å²) in [5.41, 5.74) is 3.62. The zero-order valence-electron chi connectivity index (χ0n) is 18.6. The van der Waals surface area contributed by atoms with Gasteiger partial charge in [-0.05, 0) is 60.9 Å². The van der Waals surface area contributed by atoms with Gasteiger partial charge >= 0.3 is 0 Å². The van der Waals surface area contributed by atoms with Gasteiger partial charge in [0.25, 0.3) is 5.91 Å². The highest BCUT2D eigenvalue weighted by atomic mass is 32.2. The van der Waals surface area contributed by atoms with Gasteiger partial charge in [0.05, 0.1) is 17.3 Å². The molecule has 1 amide bonds. The average molecular weight is 474 g/mol. The van der Waals surface area contributed by atoms with Crippen molar-refractivity contribution in [3.63, 3.8) is 0 Å². The number of hydrogen-bond acceptors (Lipinski definition) is 5. The molecule has 2 aliphatic rings. The molecule has 0 radical (unpaired) electrons. The summed E-state index contributed by atoms with van der Waals surface area (Å²) < 4.78 is 20.3. The molecule has 0 aromatic heterocycles. The maximum Gasteiger partial charge on any atom is 0.252 e. The van der Waals surface area contributed by atoms with Gasteiger partial charge < -0.3 is 15.0 Å². The van der Waals surface area contributed by atoms with E-state index in [9.17, 15) is 9.18 Å². The van der Waals surface area contributed by atoms with E-state index >= 15 is 0 Å². The largest absolute Gasteiger partial charge is 0.489 e. The third-order valence-corrected chi connectivity index (χ3v) is 7.63. The normalized spacial score (nSPS) is 15.5. The minimum atomic E-state index is -0.328. The molecule has 1 fully saturated rings. The van der Waals surface area contributed by atoms with E-state index in [0.717, 1.165) is 42.8 Å². The van der Waals surface area contributed by atoms with E-state index < -0.39 is 0 Å². The third kappa shape index (κ3) is 4.73. The van der Waals surface area contributed by atoms with Gasteiger partial charge in [0.15, 0.2) is 0 Å². The van der Waals surface area contributed by atoms with Gasteiger partial charge in [-0.25, -0.2) is 4.39 Å². The highest BCUT2D eigenvalue weighted by Crippen LogP contribution is 2.33. The molecule has 0 atom stereocenters. The molecule has 172 valence electrons. The van der Waals surface area contributed by atoms with E-state index in [1.807, 2.05) is 36.0 Å². The quantitative estimate of drug-likeness (QED) is 0.528. The zero-order chi connectivity index (χ0) is 23.5. The Kier molecular flexibility index (Phi) is 6.41. The summed E-state index contributed by atoms with van der Waals surface area (Å²) >= 11 is 1.86. The molecule has 0 bridgehead atoms. The summed E-state index contributed by atoms with van der Waals surface area (Å²) in [6, 6.07) is 20.6. The standard InChI is InChI=1S/C27H24FN3O2S/c28-24-14-19(15-29)6-9-25(24)31-12-10-21(11-13-31)34-20-7-4-18(5-8-20)17-33-26-3-1-2-22-23(26)16-30-27(22)32/h1-9,14,21H,10-13,16-17H2,(H,30,32). The van der Waals surface area contributed by atoms with Gasteiger partial charge in [-0.1, -0.05) is 18.2 Å². The summed E-state index contributed by atoms with van der Waals surface area (Å²) in [6.07, 6.45) is 1.95. The van der Waals surface area contributed by atoms with Crippen molar-refractivity contribution in [2.75, 3.05) is 18.0 Å². The number of ether oxygens (including phenoxy) is 1. The van der Waals surface area contributed by atoms with Crippen LogP contribution >= 0.6 is 11.8 Å². The molecule has 0 aliphatic carbocycles. The fourth-order valence-corrected chi connectivity index (χ4v) is 5.55. The zero-order valence-corrected chi connectivity index (χ0v) is 19.4. The van der Waals surface area contributed by atoms with E-state index in [4.69, 9.17) is 10.00 Å². The second kappa shape index (κ2) is 9.78. The van der Waals surface area contributed by atoms with Gasteiger partial charge in [0, 0.05) is 40.9 Å². The molecule has 7 heteroatoms. The summed E-state index contributed by atoms with van der Waals surface area (Å²) in [5.74, 6) is 0.376. The van der Waals surface area contributed by atoms with Crippen LogP contribution in [0.15, 0.2) is 65.6 Å². The molecular weight excluding hydrogens is 449 g/mol. The second-order valence-electron chi connectivity index (χ2n) is 8.48. The summed E-state index contributed by atoms with van der Waals surface area (Å²) in [4.78, 5) is 15.1. The Bertz CT molecular complexity index is 1250. The minimum absolute atomic E-state index is 0.0466. The van der Waals surface area contributed by atoms with Crippen LogP contribution in [-0.2, 0) is 13.2 Å². The van der Waals surface area contributed by atoms with Crippen molar-refractivity contribution in [2.45, 2.75) is 36.1 Å². The molecular formula is C27H24FN3O2S. The molecule has 34 heavy (non-hydrogen) atoms. The van der Waals surface area contributed by atoms with Gasteiger partial charge in [0.2, 0.25) is 0 Å². The number of rotatable bonds is 6. The number of thioether (sulfide) groups is 1. The van der Waals surface area contributed by atoms with Crippen LogP contribution in [0.5, 0.6) is 5.75 Å². The maximum atomic E-state index is 14.3. The monoisotopic (exact) mass is 473 g/mol. The van der Waals surface area contributed by atoms with Gasteiger partial charge in [-0.3, -0.25) is 4.79 Å². The van der Waals surface area contributed by atoms with E-state index in [2.05, 4.69) is 34.5 Å². The molecule has 2 aliphatic heterocycles. The van der Waals surface area contributed by atoms with Crippen molar-refractivity contribution in [1.29, 1.82) is 5.26 Å². The first-order valence-corrected chi connectivity index (χ1v) is 12.2. The molecule has 5 rings (SSSR count). The SMILES string of the molecule is N#Cc1ccc(N2CCC(Sc3ccc(COc4cccc5c4CNC5=O)cc3)CC2)c(F)c1. The molecule has 0 saturated carbocycles. The Morgan fingerprint density at radius 3 is 2.65 bits per heavy atom. The van der Waals surface area contributed by atoms with Crippen LogP contribution in [0.4, 0.5) is 10.1 Å². The molecule has 0 unspecified atom stereocenters. The summed E-state index contributed by atoms with van der Waals surface area (Å²) in [7, 11) is 0. The Morgan fingerprint density at radius 2 is 1.91 bits per heavy atom. The summed E-state index contributed by atoms with van der Waals surface area (Å²) in [6.45, 7) is 2.55. The number of carbonyl (C=O) groups is 1. The Labute approximate surface area is 202 Å². The molecule has 5 nitrogen and oxygen atoms in total. The van der Waals surface area contributed by atoms with Crippen LogP contribution in [0, 0.1) is 17.1 Å². The number of benzene rings is 3. The molecule has 2 heterocycles. The van der Waals surface area contributed by atoms with Crippen molar-refractivity contribution in [2.24, 2.45) is 0 Å². The molecule has 3 aromatic carbocycles. The Hall–Kier alpha value is -3.50. The number of nitrogens with zero attached hydrogens (tertiary/aromatic N) is 2. The van der Waals surface area contributed by atoms with Gasteiger partial charge in [-0.15, -0.1) is 11.8 Å². The van der Waals surface area contributed by atoms with Crippen LogP contribution in [-0.4, -0.2) is 24.2 Å². The fraction of sp³-hybridized carbons (Fsp3) is 0.259. The van der Waals surface area contributed by atoms with Crippen molar-refractivity contribution >= 4 is 23.4 Å². The third-order valence-electron chi connectivity index (χ3n) is 6.28. The first-order valence-electron chi connectivity index (χ1n) is 11.3. The second-order valence-corrected chi connectivity index (χ2v) is 9.85. The molecule has 0 spiro atoms. The van der Waals surface area contributed by atoms with Crippen LogP contribution in [0.2, 0.25) is 0 Å². The minimum Gasteiger partial charge on any atom is -0.489 e. The van der Waals surface area contributed by atoms with E-state index in [1.54, 1.807) is 12.1 Å². The number of piperidine rings is 1. The average Bonchev–Trinajstić information content (AvgIpc) is 3.25. The van der Waals surface area contributed by atoms with Gasteiger partial charge in [0.1, 0.15) is 18.2 Å². The number of hydrogen-bond donors (Lipinski definition) is 1. The topological polar surface area (TPSA) is 65.4 Å². The number of nitriles is 1. The number of carbonyl (C=O) groups excluding carboxylic acids is 1. The number of halogens is 1. The Morgan fingerprint density at radius 1 is 1.12 bits per heavy atom. The lowest BCUT2D eigenvalue weighted by Crippen LogP contribution is -2.35. The number of fused-ring (bicyclic) bond motifs is 1. The van der Waals surface area contributed by atoms with Crippen LogP contribution in [0.25, 0.3) is 0 Å². The van der Waals surface area contributed by atoms with Crippen molar-refractivity contribution < 1.29 is 13.9 Å². The van der Waals surface area contributed by atoms with E-state index in [0.29, 0.717) is 35.2 Å². The highest BCUT2D eigenvalue weighted by Gasteiger charge is 2.23. The lowest BCUT2D eigenvalue weighted by molar-refractivity contribution is 0.0965. The first-order chi connectivity index (χ1) is 16.6. The molecule has 1 N–H and O–H groups in total. The van der Waals surface area contributed by atoms with Crippen molar-refractivity contribution in [3.05, 3.63) is 88.7 Å². The van der Waals surface area contributed by atoms with Crippen LogP contribution in [0.1, 0.15) is 39.9 Å². The first kappa shape index (κ1) is 22.3. The van der Waals surface area contributed by atoms with E-state index in [1.165, 1.54) is 11.0 Å². The van der Waals surface area contributed by atoms with E-state index in [-0.39, 0.29) is 11.7 Å². The fourth-order valence-electron chi connectivity index (χ4n) is 4.43. The number of anilines is 1. The predicted molar refractivity (Wildman–Crippen MR) is 131 cm³/mol. The predicted octanol–water partition coefficient (Wildman–Crippen LogP) is 5.28. The molecule has 3 aromatic rings. The smallest absolute Gasteiger partial charge is 0.252 e. The number of nitrogens with one attached hydrogen (secondary N) is 1. The lowest BCUT2D eigenvalue weighted by Gasteiger charge is -2.33. The maximum absolute atomic E-state index is 14.3. The Balaban J connectivity index is 1.13.